The smallest absolute Gasteiger partial charge is 0.391 e. The molecular formula is C12H14F3NO. The molecule has 1 heterocycles. The Morgan fingerprint density at radius 1 is 1.41 bits per heavy atom. The zero-order valence-corrected chi connectivity index (χ0v) is 9.62. The van der Waals surface area contributed by atoms with Crippen LogP contribution in [0.25, 0.3) is 0 Å². The first kappa shape index (κ1) is 12.2. The van der Waals surface area contributed by atoms with E-state index in [1.165, 1.54) is 6.07 Å². The highest BCUT2D eigenvalue weighted by Crippen LogP contribution is 2.41. The van der Waals surface area contributed by atoms with Gasteiger partial charge in [0.05, 0.1) is 17.7 Å². The molecule has 1 aromatic carbocycles. The summed E-state index contributed by atoms with van der Waals surface area (Å²) in [4.78, 5) is 1.72. The summed E-state index contributed by atoms with van der Waals surface area (Å²) in [5.41, 5.74) is 0.254. The SMILES string of the molecule is CC(O)C1Cc2c(cccc2C(F)(F)F)N1C. The summed E-state index contributed by atoms with van der Waals surface area (Å²) < 4.78 is 38.5. The monoisotopic (exact) mass is 245 g/mol. The number of hydrogen-bond acceptors (Lipinski definition) is 2. The molecular weight excluding hydrogens is 231 g/mol. The number of alkyl halides is 3. The lowest BCUT2D eigenvalue weighted by Crippen LogP contribution is -2.37. The normalized spacial score (nSPS) is 21.5. The highest BCUT2D eigenvalue weighted by Gasteiger charge is 2.39. The van der Waals surface area contributed by atoms with E-state index < -0.39 is 17.8 Å². The number of rotatable bonds is 1. The summed E-state index contributed by atoms with van der Waals surface area (Å²) in [5.74, 6) is 0. The molecule has 1 N–H and O–H groups in total. The minimum absolute atomic E-state index is 0.235. The van der Waals surface area contributed by atoms with Crippen LogP contribution in [0.4, 0.5) is 18.9 Å². The molecule has 1 aliphatic rings. The molecule has 5 heteroatoms. The highest BCUT2D eigenvalue weighted by atomic mass is 19.4. The summed E-state index contributed by atoms with van der Waals surface area (Å²) in [6.07, 6.45) is -4.76. The number of halogens is 3. The first-order valence-corrected chi connectivity index (χ1v) is 5.42. The van der Waals surface area contributed by atoms with E-state index in [9.17, 15) is 18.3 Å². The van der Waals surface area contributed by atoms with Crippen LogP contribution in [0.1, 0.15) is 18.1 Å². The van der Waals surface area contributed by atoms with Crippen molar-refractivity contribution in [3.8, 4) is 0 Å². The van der Waals surface area contributed by atoms with Crippen LogP contribution in [0.15, 0.2) is 18.2 Å². The maximum absolute atomic E-state index is 12.8. The van der Waals surface area contributed by atoms with Gasteiger partial charge < -0.3 is 10.0 Å². The van der Waals surface area contributed by atoms with Crippen LogP contribution in [-0.4, -0.2) is 24.3 Å². The second kappa shape index (κ2) is 3.91. The van der Waals surface area contributed by atoms with Crippen LogP contribution in [-0.2, 0) is 12.6 Å². The Kier molecular flexibility index (Phi) is 2.81. The van der Waals surface area contributed by atoms with Gasteiger partial charge in [-0.05, 0) is 31.0 Å². The number of aliphatic hydroxyl groups excluding tert-OH is 1. The maximum Gasteiger partial charge on any atom is 0.416 e. The first-order chi connectivity index (χ1) is 7.82. The molecule has 0 saturated heterocycles. The number of likely N-dealkylation sites (N-methyl/N-ethyl adjacent to an activating group) is 1. The second-order valence-electron chi connectivity index (χ2n) is 4.42. The summed E-state index contributed by atoms with van der Waals surface area (Å²) in [6, 6.07) is 3.88. The molecule has 2 atom stereocenters. The molecule has 0 amide bonds. The van der Waals surface area contributed by atoms with Gasteiger partial charge in [0.2, 0.25) is 0 Å². The lowest BCUT2D eigenvalue weighted by molar-refractivity contribution is -0.138. The van der Waals surface area contributed by atoms with Crippen LogP contribution in [0.3, 0.4) is 0 Å². The highest BCUT2D eigenvalue weighted by molar-refractivity contribution is 5.62. The van der Waals surface area contributed by atoms with E-state index in [0.717, 1.165) is 6.07 Å². The number of aliphatic hydroxyl groups is 1. The van der Waals surface area contributed by atoms with E-state index in [2.05, 4.69) is 0 Å². The number of benzene rings is 1. The fraction of sp³-hybridized carbons (Fsp3) is 0.500. The Bertz CT molecular complexity index is 428. The van der Waals surface area contributed by atoms with Crippen molar-refractivity contribution in [3.63, 3.8) is 0 Å². The van der Waals surface area contributed by atoms with Gasteiger partial charge in [-0.3, -0.25) is 0 Å². The summed E-state index contributed by atoms with van der Waals surface area (Å²) in [5, 5.41) is 9.57. The zero-order valence-electron chi connectivity index (χ0n) is 9.62. The molecule has 0 aromatic heterocycles. The maximum atomic E-state index is 12.8. The fourth-order valence-electron chi connectivity index (χ4n) is 2.40. The molecule has 2 unspecified atom stereocenters. The van der Waals surface area contributed by atoms with Crippen LogP contribution in [0.5, 0.6) is 0 Å². The summed E-state index contributed by atoms with van der Waals surface area (Å²) in [7, 11) is 1.71. The van der Waals surface area contributed by atoms with Gasteiger partial charge in [0, 0.05) is 12.7 Å². The third-order valence-corrected chi connectivity index (χ3v) is 3.30. The Labute approximate surface area is 97.7 Å². The lowest BCUT2D eigenvalue weighted by Gasteiger charge is -2.24. The lowest BCUT2D eigenvalue weighted by atomic mass is 10.0. The van der Waals surface area contributed by atoms with Crippen molar-refractivity contribution in [3.05, 3.63) is 29.3 Å². The van der Waals surface area contributed by atoms with Gasteiger partial charge in [-0.2, -0.15) is 13.2 Å². The van der Waals surface area contributed by atoms with Crippen molar-refractivity contribution in [2.45, 2.75) is 31.7 Å². The molecule has 0 spiro atoms. The Balaban J connectivity index is 2.47. The predicted octanol–water partition coefficient (Wildman–Crippen LogP) is 2.45. The average molecular weight is 245 g/mol. The van der Waals surface area contributed by atoms with Gasteiger partial charge in [-0.1, -0.05) is 6.07 Å². The molecule has 2 rings (SSSR count). The van der Waals surface area contributed by atoms with Gasteiger partial charge in [0.15, 0.2) is 0 Å². The predicted molar refractivity (Wildman–Crippen MR) is 59.0 cm³/mol. The number of hydrogen-bond donors (Lipinski definition) is 1. The third-order valence-electron chi connectivity index (χ3n) is 3.30. The average Bonchev–Trinajstić information content (AvgIpc) is 2.55. The molecule has 1 aromatic rings. The molecule has 17 heavy (non-hydrogen) atoms. The van der Waals surface area contributed by atoms with E-state index in [1.807, 2.05) is 0 Å². The van der Waals surface area contributed by atoms with E-state index in [0.29, 0.717) is 5.69 Å². The Morgan fingerprint density at radius 2 is 2.06 bits per heavy atom. The van der Waals surface area contributed by atoms with Crippen molar-refractivity contribution in [1.82, 2.24) is 0 Å². The van der Waals surface area contributed by atoms with E-state index in [4.69, 9.17) is 0 Å². The quantitative estimate of drug-likeness (QED) is 0.821. The first-order valence-electron chi connectivity index (χ1n) is 5.42. The Morgan fingerprint density at radius 3 is 2.59 bits per heavy atom. The third kappa shape index (κ3) is 1.99. The van der Waals surface area contributed by atoms with Gasteiger partial charge in [0.1, 0.15) is 0 Å². The number of anilines is 1. The van der Waals surface area contributed by atoms with Crippen molar-refractivity contribution in [1.29, 1.82) is 0 Å². The van der Waals surface area contributed by atoms with Crippen molar-refractivity contribution in [2.75, 3.05) is 11.9 Å². The number of nitrogens with zero attached hydrogens (tertiary/aromatic N) is 1. The fourth-order valence-corrected chi connectivity index (χ4v) is 2.40. The molecule has 0 bridgehead atoms. The molecule has 0 aliphatic carbocycles. The van der Waals surface area contributed by atoms with E-state index >= 15 is 0 Å². The van der Waals surface area contributed by atoms with Gasteiger partial charge in [-0.15, -0.1) is 0 Å². The number of fused-ring (bicyclic) bond motifs is 1. The molecule has 1 aliphatic heterocycles. The van der Waals surface area contributed by atoms with Crippen LogP contribution in [0.2, 0.25) is 0 Å². The van der Waals surface area contributed by atoms with E-state index in [1.54, 1.807) is 24.9 Å². The topological polar surface area (TPSA) is 23.5 Å². The molecule has 0 fully saturated rings. The second-order valence-corrected chi connectivity index (χ2v) is 4.42. The van der Waals surface area contributed by atoms with Crippen LogP contribution in [0, 0.1) is 0 Å². The van der Waals surface area contributed by atoms with Crippen LogP contribution < -0.4 is 4.90 Å². The van der Waals surface area contributed by atoms with Crippen molar-refractivity contribution in [2.24, 2.45) is 0 Å². The molecule has 94 valence electrons. The van der Waals surface area contributed by atoms with E-state index in [-0.39, 0.29) is 18.0 Å². The summed E-state index contributed by atoms with van der Waals surface area (Å²) in [6.45, 7) is 1.60. The summed E-state index contributed by atoms with van der Waals surface area (Å²) >= 11 is 0. The van der Waals surface area contributed by atoms with Gasteiger partial charge >= 0.3 is 6.18 Å². The van der Waals surface area contributed by atoms with Crippen molar-refractivity contribution >= 4 is 5.69 Å². The minimum Gasteiger partial charge on any atom is -0.391 e. The van der Waals surface area contributed by atoms with Crippen LogP contribution >= 0.6 is 0 Å². The van der Waals surface area contributed by atoms with Gasteiger partial charge in [-0.25, -0.2) is 0 Å². The Hall–Kier alpha value is -1.23. The molecule has 2 nitrogen and oxygen atoms in total. The molecule has 0 radical (unpaired) electrons. The zero-order chi connectivity index (χ0) is 12.8. The largest absolute Gasteiger partial charge is 0.416 e. The molecule has 0 saturated carbocycles. The van der Waals surface area contributed by atoms with Crippen molar-refractivity contribution < 1.29 is 18.3 Å². The van der Waals surface area contributed by atoms with Gasteiger partial charge in [0.25, 0.3) is 0 Å². The minimum atomic E-state index is -4.33. The standard InChI is InChI=1S/C12H14F3NO/c1-7(17)11-6-8-9(12(13,14)15)4-3-5-10(8)16(11)2/h3-5,7,11,17H,6H2,1-2H3.